The summed E-state index contributed by atoms with van der Waals surface area (Å²) in [5, 5.41) is 0. The Hall–Kier alpha value is -1.00. The van der Waals surface area contributed by atoms with Gasteiger partial charge in [-0.1, -0.05) is 0 Å². The Labute approximate surface area is 102 Å². The lowest BCUT2D eigenvalue weighted by Gasteiger charge is -2.14. The number of hydrogen-bond donors (Lipinski definition) is 1. The van der Waals surface area contributed by atoms with Gasteiger partial charge in [0.2, 0.25) is 5.88 Å². The molecule has 0 radical (unpaired) electrons. The largest absolute Gasteiger partial charge is 0.476 e. The van der Waals surface area contributed by atoms with Gasteiger partial charge >= 0.3 is 0 Å². The third kappa shape index (κ3) is 3.87. The first-order valence-corrected chi connectivity index (χ1v) is 5.41. The molecule has 0 atom stereocenters. The van der Waals surface area contributed by atoms with E-state index in [1.807, 2.05) is 0 Å². The van der Waals surface area contributed by atoms with Crippen LogP contribution in [0.3, 0.4) is 0 Å². The fraction of sp³-hybridized carbons (Fsp3) is 0.545. The third-order valence-corrected chi connectivity index (χ3v) is 2.62. The molecule has 1 aliphatic rings. The SMILES string of the molecule is Cl.Nc1ccc(OCCN2CCCC2)nc1. The van der Waals surface area contributed by atoms with Crippen molar-refractivity contribution in [3.05, 3.63) is 18.3 Å². The van der Waals surface area contributed by atoms with Gasteiger partial charge in [-0.25, -0.2) is 4.98 Å². The molecule has 0 unspecified atom stereocenters. The topological polar surface area (TPSA) is 51.4 Å². The molecule has 2 heterocycles. The normalized spacial score (nSPS) is 15.8. The average Bonchev–Trinajstić information content (AvgIpc) is 2.74. The van der Waals surface area contributed by atoms with Gasteiger partial charge in [0.1, 0.15) is 6.61 Å². The Kier molecular flexibility index (Phi) is 5.35. The van der Waals surface area contributed by atoms with Gasteiger partial charge in [-0.15, -0.1) is 12.4 Å². The van der Waals surface area contributed by atoms with Crippen LogP contribution in [-0.4, -0.2) is 36.1 Å². The van der Waals surface area contributed by atoms with Crippen molar-refractivity contribution in [2.45, 2.75) is 12.8 Å². The number of nitrogen functional groups attached to an aromatic ring is 1. The number of ether oxygens (including phenoxy) is 1. The predicted molar refractivity (Wildman–Crippen MR) is 67.1 cm³/mol. The van der Waals surface area contributed by atoms with Crippen LogP contribution in [0, 0.1) is 0 Å². The summed E-state index contributed by atoms with van der Waals surface area (Å²) >= 11 is 0. The molecule has 1 saturated heterocycles. The van der Waals surface area contributed by atoms with Crippen molar-refractivity contribution in [3.63, 3.8) is 0 Å². The van der Waals surface area contributed by atoms with Crippen molar-refractivity contribution in [3.8, 4) is 5.88 Å². The summed E-state index contributed by atoms with van der Waals surface area (Å²) in [6.45, 7) is 4.11. The Morgan fingerprint density at radius 1 is 1.31 bits per heavy atom. The van der Waals surface area contributed by atoms with Gasteiger partial charge in [-0.05, 0) is 32.0 Å². The van der Waals surface area contributed by atoms with E-state index in [-0.39, 0.29) is 12.4 Å². The van der Waals surface area contributed by atoms with Gasteiger partial charge < -0.3 is 10.5 Å². The lowest BCUT2D eigenvalue weighted by molar-refractivity contribution is 0.232. The molecule has 1 aromatic heterocycles. The molecule has 0 aliphatic carbocycles. The first-order chi connectivity index (χ1) is 7.34. The summed E-state index contributed by atoms with van der Waals surface area (Å²) in [7, 11) is 0. The standard InChI is InChI=1S/C11H17N3O.ClH/c12-10-3-4-11(13-9-10)15-8-7-14-5-1-2-6-14;/h3-4,9H,1-2,5-8,12H2;1H. The number of pyridine rings is 1. The molecule has 0 bridgehead atoms. The molecule has 0 spiro atoms. The summed E-state index contributed by atoms with van der Waals surface area (Å²) in [6, 6.07) is 3.61. The van der Waals surface area contributed by atoms with Gasteiger partial charge in [0, 0.05) is 12.6 Å². The zero-order valence-electron chi connectivity index (χ0n) is 9.26. The number of nitrogens with two attached hydrogens (primary N) is 1. The Bertz CT molecular complexity index is 299. The zero-order valence-corrected chi connectivity index (χ0v) is 10.1. The van der Waals surface area contributed by atoms with Gasteiger partial charge in [-0.3, -0.25) is 4.90 Å². The second kappa shape index (κ2) is 6.55. The van der Waals surface area contributed by atoms with E-state index < -0.39 is 0 Å². The smallest absolute Gasteiger partial charge is 0.213 e. The van der Waals surface area contributed by atoms with Crippen molar-refractivity contribution >= 4 is 18.1 Å². The lowest BCUT2D eigenvalue weighted by atomic mass is 10.4. The summed E-state index contributed by atoms with van der Waals surface area (Å²) < 4.78 is 5.51. The summed E-state index contributed by atoms with van der Waals surface area (Å²) in [5.41, 5.74) is 6.20. The average molecular weight is 244 g/mol. The van der Waals surface area contributed by atoms with Crippen LogP contribution in [0.5, 0.6) is 5.88 Å². The van der Waals surface area contributed by atoms with Crippen LogP contribution in [-0.2, 0) is 0 Å². The van der Waals surface area contributed by atoms with E-state index in [9.17, 15) is 0 Å². The maximum Gasteiger partial charge on any atom is 0.213 e. The number of nitrogens with zero attached hydrogens (tertiary/aromatic N) is 2. The highest BCUT2D eigenvalue weighted by atomic mass is 35.5. The number of likely N-dealkylation sites (tertiary alicyclic amines) is 1. The highest BCUT2D eigenvalue weighted by Crippen LogP contribution is 2.09. The predicted octanol–water partition coefficient (Wildman–Crippen LogP) is 1.56. The summed E-state index contributed by atoms with van der Waals surface area (Å²) in [5.74, 6) is 0.656. The maximum atomic E-state index is 5.53. The van der Waals surface area contributed by atoms with Gasteiger partial charge in [-0.2, -0.15) is 0 Å². The number of rotatable bonds is 4. The number of aromatic nitrogens is 1. The molecule has 0 aromatic carbocycles. The minimum absolute atomic E-state index is 0. The summed E-state index contributed by atoms with van der Waals surface area (Å²) in [4.78, 5) is 6.49. The van der Waals surface area contributed by atoms with E-state index in [4.69, 9.17) is 10.5 Å². The monoisotopic (exact) mass is 243 g/mol. The molecule has 5 heteroatoms. The molecular weight excluding hydrogens is 226 g/mol. The Morgan fingerprint density at radius 2 is 2.06 bits per heavy atom. The molecule has 16 heavy (non-hydrogen) atoms. The molecule has 0 amide bonds. The molecule has 90 valence electrons. The number of halogens is 1. The van der Waals surface area contributed by atoms with E-state index in [1.54, 1.807) is 18.3 Å². The van der Waals surface area contributed by atoms with Crippen LogP contribution in [0.4, 0.5) is 5.69 Å². The zero-order chi connectivity index (χ0) is 10.5. The van der Waals surface area contributed by atoms with E-state index in [1.165, 1.54) is 25.9 Å². The van der Waals surface area contributed by atoms with Crippen LogP contribution in [0.1, 0.15) is 12.8 Å². The highest BCUT2D eigenvalue weighted by Gasteiger charge is 2.10. The molecule has 1 aliphatic heterocycles. The minimum atomic E-state index is 0. The van der Waals surface area contributed by atoms with Crippen LogP contribution >= 0.6 is 12.4 Å². The summed E-state index contributed by atoms with van der Waals surface area (Å²) in [6.07, 6.45) is 4.26. The van der Waals surface area contributed by atoms with Gasteiger partial charge in [0.25, 0.3) is 0 Å². The fourth-order valence-electron chi connectivity index (χ4n) is 1.76. The highest BCUT2D eigenvalue weighted by molar-refractivity contribution is 5.85. The molecule has 1 aromatic rings. The van der Waals surface area contributed by atoms with Crippen LogP contribution in [0.25, 0.3) is 0 Å². The van der Waals surface area contributed by atoms with E-state index in [0.29, 0.717) is 18.2 Å². The van der Waals surface area contributed by atoms with Crippen molar-refractivity contribution in [1.29, 1.82) is 0 Å². The lowest BCUT2D eigenvalue weighted by Crippen LogP contribution is -2.25. The van der Waals surface area contributed by atoms with Crippen molar-refractivity contribution < 1.29 is 4.74 Å². The van der Waals surface area contributed by atoms with Crippen LogP contribution < -0.4 is 10.5 Å². The molecule has 2 N–H and O–H groups in total. The van der Waals surface area contributed by atoms with Crippen molar-refractivity contribution in [2.75, 3.05) is 32.0 Å². The Morgan fingerprint density at radius 3 is 2.69 bits per heavy atom. The third-order valence-electron chi connectivity index (χ3n) is 2.62. The molecule has 4 nitrogen and oxygen atoms in total. The fourth-order valence-corrected chi connectivity index (χ4v) is 1.76. The van der Waals surface area contributed by atoms with Gasteiger partial charge in [0.15, 0.2) is 0 Å². The Balaban J connectivity index is 0.00000128. The van der Waals surface area contributed by atoms with Crippen LogP contribution in [0.15, 0.2) is 18.3 Å². The quantitative estimate of drug-likeness (QED) is 0.872. The van der Waals surface area contributed by atoms with Crippen molar-refractivity contribution in [2.24, 2.45) is 0 Å². The number of hydrogen-bond acceptors (Lipinski definition) is 4. The molecule has 0 saturated carbocycles. The first kappa shape index (κ1) is 13.1. The second-order valence-corrected chi connectivity index (χ2v) is 3.83. The minimum Gasteiger partial charge on any atom is -0.476 e. The molecular formula is C11H18ClN3O. The molecule has 2 rings (SSSR count). The van der Waals surface area contributed by atoms with E-state index in [0.717, 1.165) is 6.54 Å². The van der Waals surface area contributed by atoms with Crippen molar-refractivity contribution in [1.82, 2.24) is 9.88 Å². The van der Waals surface area contributed by atoms with E-state index in [2.05, 4.69) is 9.88 Å². The molecule has 1 fully saturated rings. The maximum absolute atomic E-state index is 5.53. The number of anilines is 1. The second-order valence-electron chi connectivity index (χ2n) is 3.83. The van der Waals surface area contributed by atoms with Gasteiger partial charge in [0.05, 0.1) is 11.9 Å². The first-order valence-electron chi connectivity index (χ1n) is 5.41. The van der Waals surface area contributed by atoms with Crippen LogP contribution in [0.2, 0.25) is 0 Å². The van der Waals surface area contributed by atoms with E-state index >= 15 is 0 Å².